The molecule has 25 heavy (non-hydrogen) atoms. The lowest BCUT2D eigenvalue weighted by molar-refractivity contribution is -0.143. The monoisotopic (exact) mass is 358 g/mol. The Morgan fingerprint density at radius 3 is 2.76 bits per heavy atom. The van der Waals surface area contributed by atoms with E-state index in [4.69, 9.17) is 21.1 Å². The summed E-state index contributed by atoms with van der Waals surface area (Å²) in [6.07, 6.45) is 0.998. The Bertz CT molecular complexity index is 859. The molecule has 130 valence electrons. The highest BCUT2D eigenvalue weighted by molar-refractivity contribution is 6.31. The van der Waals surface area contributed by atoms with Crippen molar-refractivity contribution in [2.75, 3.05) is 13.2 Å². The zero-order valence-electron chi connectivity index (χ0n) is 13.9. The van der Waals surface area contributed by atoms with Gasteiger partial charge in [0.1, 0.15) is 11.6 Å². The third-order valence-electron chi connectivity index (χ3n) is 3.67. The Morgan fingerprint density at radius 1 is 1.20 bits per heavy atom. The Morgan fingerprint density at radius 2 is 2.00 bits per heavy atom. The number of aromatic amines is 1. The first-order valence-electron chi connectivity index (χ1n) is 8.20. The van der Waals surface area contributed by atoms with Crippen LogP contribution in [0.25, 0.3) is 22.4 Å². The van der Waals surface area contributed by atoms with Gasteiger partial charge in [-0.1, -0.05) is 11.6 Å². The summed E-state index contributed by atoms with van der Waals surface area (Å²) in [4.78, 5) is 19.1. The first-order chi connectivity index (χ1) is 12.2. The number of carbonyl (C=O) groups is 1. The number of nitrogens with one attached hydrogen (secondary N) is 1. The molecule has 1 heterocycles. The van der Waals surface area contributed by atoms with Crippen LogP contribution in [0.15, 0.2) is 42.5 Å². The van der Waals surface area contributed by atoms with E-state index in [2.05, 4.69) is 9.97 Å². The Kier molecular flexibility index (Phi) is 5.56. The van der Waals surface area contributed by atoms with Gasteiger partial charge in [-0.15, -0.1) is 0 Å². The lowest BCUT2D eigenvalue weighted by Gasteiger charge is -2.06. The molecule has 3 aromatic rings. The van der Waals surface area contributed by atoms with Crippen molar-refractivity contribution in [3.8, 4) is 17.1 Å². The Labute approximate surface area is 150 Å². The molecule has 5 nitrogen and oxygen atoms in total. The van der Waals surface area contributed by atoms with E-state index < -0.39 is 0 Å². The zero-order valence-corrected chi connectivity index (χ0v) is 14.7. The molecule has 0 atom stereocenters. The molecule has 0 saturated heterocycles. The van der Waals surface area contributed by atoms with Crippen molar-refractivity contribution in [3.63, 3.8) is 0 Å². The van der Waals surface area contributed by atoms with Crippen LogP contribution in [0, 0.1) is 0 Å². The van der Waals surface area contributed by atoms with Gasteiger partial charge in [0.2, 0.25) is 0 Å². The maximum atomic E-state index is 11.3. The standard InChI is InChI=1S/C19H19ClN2O3/c1-2-24-18(23)4-3-11-25-15-8-5-13(6-9-15)19-21-16-10-7-14(20)12-17(16)22-19/h5-10,12H,2-4,11H2,1H3,(H,21,22). The van der Waals surface area contributed by atoms with Gasteiger partial charge in [0.25, 0.3) is 0 Å². The number of H-pyrrole nitrogens is 1. The number of nitrogens with zero attached hydrogens (tertiary/aromatic N) is 1. The molecule has 0 aliphatic carbocycles. The fourth-order valence-electron chi connectivity index (χ4n) is 2.47. The largest absolute Gasteiger partial charge is 0.494 e. The summed E-state index contributed by atoms with van der Waals surface area (Å²) in [5, 5.41) is 0.675. The fraction of sp³-hybridized carbons (Fsp3) is 0.263. The van der Waals surface area contributed by atoms with E-state index in [9.17, 15) is 4.79 Å². The second kappa shape index (κ2) is 8.03. The molecule has 0 aliphatic heterocycles. The molecule has 2 aromatic carbocycles. The molecule has 3 rings (SSSR count). The predicted molar refractivity (Wildman–Crippen MR) is 97.9 cm³/mol. The van der Waals surface area contributed by atoms with Crippen molar-refractivity contribution < 1.29 is 14.3 Å². The molecule has 0 aliphatic rings. The van der Waals surface area contributed by atoms with Gasteiger partial charge >= 0.3 is 5.97 Å². The molecule has 0 fully saturated rings. The zero-order chi connectivity index (χ0) is 17.6. The lowest BCUT2D eigenvalue weighted by Crippen LogP contribution is -2.06. The summed E-state index contributed by atoms with van der Waals surface area (Å²) >= 11 is 6.00. The molecule has 0 unspecified atom stereocenters. The number of halogens is 1. The highest BCUT2D eigenvalue weighted by Crippen LogP contribution is 2.24. The highest BCUT2D eigenvalue weighted by atomic mass is 35.5. The van der Waals surface area contributed by atoms with Crippen LogP contribution < -0.4 is 4.74 Å². The third-order valence-corrected chi connectivity index (χ3v) is 3.91. The van der Waals surface area contributed by atoms with Crippen molar-refractivity contribution in [2.45, 2.75) is 19.8 Å². The van der Waals surface area contributed by atoms with Gasteiger partial charge in [-0.2, -0.15) is 0 Å². The van der Waals surface area contributed by atoms with Crippen LogP contribution in [0.2, 0.25) is 5.02 Å². The van der Waals surface area contributed by atoms with E-state index in [-0.39, 0.29) is 5.97 Å². The number of rotatable bonds is 7. The maximum absolute atomic E-state index is 11.3. The fourth-order valence-corrected chi connectivity index (χ4v) is 2.64. The summed E-state index contributed by atoms with van der Waals surface area (Å²) in [7, 11) is 0. The number of imidazole rings is 1. The molecule has 0 bridgehead atoms. The van der Waals surface area contributed by atoms with Crippen LogP contribution in [-0.2, 0) is 9.53 Å². The summed E-state index contributed by atoms with van der Waals surface area (Å²) in [6.45, 7) is 2.68. The minimum absolute atomic E-state index is 0.188. The summed E-state index contributed by atoms with van der Waals surface area (Å²) in [6, 6.07) is 13.2. The third kappa shape index (κ3) is 4.51. The molecule has 6 heteroatoms. The van der Waals surface area contributed by atoms with E-state index in [1.807, 2.05) is 42.5 Å². The Hall–Kier alpha value is -2.53. The summed E-state index contributed by atoms with van der Waals surface area (Å²) in [5.74, 6) is 1.35. The topological polar surface area (TPSA) is 64.2 Å². The van der Waals surface area contributed by atoms with Crippen LogP contribution in [0.5, 0.6) is 5.75 Å². The van der Waals surface area contributed by atoms with Gasteiger partial charge in [0.15, 0.2) is 0 Å². The van der Waals surface area contributed by atoms with Crippen molar-refractivity contribution in [3.05, 3.63) is 47.5 Å². The van der Waals surface area contributed by atoms with Crippen molar-refractivity contribution >= 4 is 28.6 Å². The number of ether oxygens (including phenoxy) is 2. The van der Waals surface area contributed by atoms with Gasteiger partial charge in [0.05, 0.1) is 24.2 Å². The van der Waals surface area contributed by atoms with E-state index >= 15 is 0 Å². The number of esters is 1. The number of fused-ring (bicyclic) bond motifs is 1. The van der Waals surface area contributed by atoms with Crippen LogP contribution in [-0.4, -0.2) is 29.2 Å². The number of carbonyl (C=O) groups excluding carboxylic acids is 1. The minimum Gasteiger partial charge on any atom is -0.494 e. The van der Waals surface area contributed by atoms with E-state index in [1.54, 1.807) is 6.92 Å². The first kappa shape index (κ1) is 17.3. The summed E-state index contributed by atoms with van der Waals surface area (Å²) in [5.41, 5.74) is 2.74. The van der Waals surface area contributed by atoms with Crippen LogP contribution in [0.3, 0.4) is 0 Å². The van der Waals surface area contributed by atoms with E-state index in [1.165, 1.54) is 0 Å². The molecule has 1 N–H and O–H groups in total. The predicted octanol–water partition coefficient (Wildman–Crippen LogP) is 4.61. The normalized spacial score (nSPS) is 10.8. The molecule has 1 aromatic heterocycles. The molecular weight excluding hydrogens is 340 g/mol. The lowest BCUT2D eigenvalue weighted by atomic mass is 10.2. The second-order valence-corrected chi connectivity index (χ2v) is 5.96. The van der Waals surface area contributed by atoms with Crippen molar-refractivity contribution in [1.82, 2.24) is 9.97 Å². The second-order valence-electron chi connectivity index (χ2n) is 5.53. The molecule has 0 amide bonds. The average molecular weight is 359 g/mol. The SMILES string of the molecule is CCOC(=O)CCCOc1ccc(-c2nc3ccc(Cl)cc3[nH]2)cc1. The molecular formula is C19H19ClN2O3. The number of benzene rings is 2. The number of hydrogen-bond acceptors (Lipinski definition) is 4. The van der Waals surface area contributed by atoms with Gasteiger partial charge in [0, 0.05) is 17.0 Å². The number of hydrogen-bond donors (Lipinski definition) is 1. The van der Waals surface area contributed by atoms with E-state index in [0.717, 1.165) is 28.2 Å². The first-order valence-corrected chi connectivity index (χ1v) is 8.57. The van der Waals surface area contributed by atoms with Crippen molar-refractivity contribution in [1.29, 1.82) is 0 Å². The van der Waals surface area contributed by atoms with Gasteiger partial charge in [-0.25, -0.2) is 4.98 Å². The van der Waals surface area contributed by atoms with E-state index in [0.29, 0.717) is 31.1 Å². The quantitative estimate of drug-likeness (QED) is 0.495. The van der Waals surface area contributed by atoms with Gasteiger partial charge in [-0.05, 0) is 55.8 Å². The average Bonchev–Trinajstić information content (AvgIpc) is 3.02. The molecule has 0 spiro atoms. The number of aromatic nitrogens is 2. The molecule has 0 saturated carbocycles. The van der Waals surface area contributed by atoms with Crippen LogP contribution in [0.1, 0.15) is 19.8 Å². The maximum Gasteiger partial charge on any atom is 0.305 e. The van der Waals surface area contributed by atoms with Crippen LogP contribution in [0.4, 0.5) is 0 Å². The minimum atomic E-state index is -0.188. The van der Waals surface area contributed by atoms with Crippen LogP contribution >= 0.6 is 11.6 Å². The van der Waals surface area contributed by atoms with Gasteiger partial charge in [-0.3, -0.25) is 4.79 Å². The highest BCUT2D eigenvalue weighted by Gasteiger charge is 2.06. The Balaban J connectivity index is 1.58. The van der Waals surface area contributed by atoms with Gasteiger partial charge < -0.3 is 14.5 Å². The smallest absolute Gasteiger partial charge is 0.305 e. The molecule has 0 radical (unpaired) electrons. The summed E-state index contributed by atoms with van der Waals surface area (Å²) < 4.78 is 10.5. The van der Waals surface area contributed by atoms with Crippen molar-refractivity contribution in [2.24, 2.45) is 0 Å².